The van der Waals surface area contributed by atoms with Gasteiger partial charge in [-0.15, -0.1) is 10.2 Å². The molecule has 0 spiro atoms. The Morgan fingerprint density at radius 3 is 2.48 bits per heavy atom. The summed E-state index contributed by atoms with van der Waals surface area (Å²) < 4.78 is 27.8. The molecular weight excluding hydrogens is 422 g/mol. The van der Waals surface area contributed by atoms with Crippen molar-refractivity contribution < 1.29 is 8.42 Å². The van der Waals surface area contributed by atoms with E-state index >= 15 is 0 Å². The van der Waals surface area contributed by atoms with Crippen LogP contribution in [-0.4, -0.2) is 24.4 Å². The first-order valence-electron chi connectivity index (χ1n) is 8.25. The predicted octanol–water partition coefficient (Wildman–Crippen LogP) is 4.86. The number of halogens is 1. The van der Waals surface area contributed by atoms with Gasteiger partial charge < -0.3 is 0 Å². The summed E-state index contributed by atoms with van der Waals surface area (Å²) in [6.45, 7) is 0. The van der Waals surface area contributed by atoms with Gasteiger partial charge in [-0.3, -0.25) is 4.72 Å². The first-order valence-corrected chi connectivity index (χ1v) is 12.1. The van der Waals surface area contributed by atoms with Gasteiger partial charge in [0.25, 0.3) is 0 Å². The van der Waals surface area contributed by atoms with E-state index in [0.29, 0.717) is 10.6 Å². The van der Waals surface area contributed by atoms with Crippen LogP contribution in [-0.2, 0) is 22.2 Å². The summed E-state index contributed by atoms with van der Waals surface area (Å²) in [7, 11) is -3.54. The van der Waals surface area contributed by atoms with Crippen LogP contribution in [0.5, 0.6) is 0 Å². The fraction of sp³-hybridized carbons (Fsp3) is 0.222. The third kappa shape index (κ3) is 6.80. The van der Waals surface area contributed by atoms with Crippen LogP contribution in [0.15, 0.2) is 58.9 Å². The average molecular weight is 440 g/mol. The Bertz CT molecular complexity index is 961. The van der Waals surface area contributed by atoms with E-state index in [1.807, 2.05) is 18.2 Å². The SMILES string of the molecule is O=S(=O)(Cc1ccc(Cl)cc1)Nc1nnc(SCCCc2ccccc2)s1. The van der Waals surface area contributed by atoms with Crippen molar-refractivity contribution in [1.29, 1.82) is 0 Å². The van der Waals surface area contributed by atoms with E-state index in [4.69, 9.17) is 11.6 Å². The van der Waals surface area contributed by atoms with E-state index < -0.39 is 10.0 Å². The average Bonchev–Trinajstić information content (AvgIpc) is 3.08. The van der Waals surface area contributed by atoms with E-state index in [-0.39, 0.29) is 10.9 Å². The van der Waals surface area contributed by atoms with Crippen LogP contribution < -0.4 is 4.72 Å². The van der Waals surface area contributed by atoms with Crippen molar-refractivity contribution in [3.05, 3.63) is 70.7 Å². The van der Waals surface area contributed by atoms with Crippen molar-refractivity contribution in [1.82, 2.24) is 10.2 Å². The highest BCUT2D eigenvalue weighted by Gasteiger charge is 2.15. The summed E-state index contributed by atoms with van der Waals surface area (Å²) in [4.78, 5) is 0. The van der Waals surface area contributed by atoms with E-state index in [1.165, 1.54) is 16.9 Å². The van der Waals surface area contributed by atoms with E-state index in [1.54, 1.807) is 36.0 Å². The second kappa shape index (κ2) is 9.54. The van der Waals surface area contributed by atoms with Crippen molar-refractivity contribution in [2.75, 3.05) is 10.5 Å². The maximum absolute atomic E-state index is 12.3. The minimum Gasteiger partial charge on any atom is -0.257 e. The van der Waals surface area contributed by atoms with Crippen LogP contribution in [0.3, 0.4) is 0 Å². The zero-order valence-corrected chi connectivity index (χ0v) is 17.5. The maximum atomic E-state index is 12.3. The number of rotatable bonds is 9. The lowest BCUT2D eigenvalue weighted by Crippen LogP contribution is -2.14. The molecule has 5 nitrogen and oxygen atoms in total. The molecule has 3 rings (SSSR count). The lowest BCUT2D eigenvalue weighted by atomic mass is 10.1. The molecule has 0 amide bonds. The molecule has 1 N–H and O–H groups in total. The fourth-order valence-electron chi connectivity index (χ4n) is 2.36. The lowest BCUT2D eigenvalue weighted by Gasteiger charge is -2.04. The topological polar surface area (TPSA) is 72.0 Å². The second-order valence-electron chi connectivity index (χ2n) is 5.80. The number of nitrogens with one attached hydrogen (secondary N) is 1. The second-order valence-corrected chi connectivity index (χ2v) is 10.3. The molecule has 0 unspecified atom stereocenters. The van der Waals surface area contributed by atoms with Gasteiger partial charge >= 0.3 is 0 Å². The Morgan fingerprint density at radius 1 is 1.00 bits per heavy atom. The molecule has 1 heterocycles. The minimum atomic E-state index is -3.54. The van der Waals surface area contributed by atoms with E-state index in [0.717, 1.165) is 22.9 Å². The number of aryl methyl sites for hydroxylation is 1. The Morgan fingerprint density at radius 2 is 1.74 bits per heavy atom. The number of nitrogens with zero attached hydrogens (tertiary/aromatic N) is 2. The molecule has 0 bridgehead atoms. The van der Waals surface area contributed by atoms with Gasteiger partial charge in [0.1, 0.15) is 0 Å². The minimum absolute atomic E-state index is 0.136. The first-order chi connectivity index (χ1) is 13.0. The Hall–Kier alpha value is -1.61. The molecule has 0 atom stereocenters. The van der Waals surface area contributed by atoms with Crippen molar-refractivity contribution in [3.63, 3.8) is 0 Å². The summed E-state index contributed by atoms with van der Waals surface area (Å²) in [6, 6.07) is 17.0. The van der Waals surface area contributed by atoms with Crippen molar-refractivity contribution in [3.8, 4) is 0 Å². The highest BCUT2D eigenvalue weighted by Crippen LogP contribution is 2.27. The number of benzene rings is 2. The summed E-state index contributed by atoms with van der Waals surface area (Å²) >= 11 is 8.65. The van der Waals surface area contributed by atoms with Crippen LogP contribution >= 0.6 is 34.7 Å². The Kier molecular flexibility index (Phi) is 7.12. The van der Waals surface area contributed by atoms with Crippen molar-refractivity contribution in [2.24, 2.45) is 0 Å². The van der Waals surface area contributed by atoms with Gasteiger partial charge in [0.2, 0.25) is 15.2 Å². The third-order valence-electron chi connectivity index (χ3n) is 3.60. The highest BCUT2D eigenvalue weighted by molar-refractivity contribution is 8.01. The van der Waals surface area contributed by atoms with E-state index in [9.17, 15) is 8.42 Å². The molecule has 0 aliphatic heterocycles. The molecule has 1 aromatic heterocycles. The predicted molar refractivity (Wildman–Crippen MR) is 113 cm³/mol. The Balaban J connectivity index is 1.47. The third-order valence-corrected chi connectivity index (χ3v) is 7.25. The molecule has 3 aromatic rings. The van der Waals surface area contributed by atoms with Crippen LogP contribution in [0.1, 0.15) is 17.5 Å². The van der Waals surface area contributed by atoms with Gasteiger partial charge in [-0.1, -0.05) is 77.2 Å². The molecule has 2 aromatic carbocycles. The molecule has 0 aliphatic rings. The number of hydrogen-bond acceptors (Lipinski definition) is 6. The van der Waals surface area contributed by atoms with Gasteiger partial charge in [0, 0.05) is 10.8 Å². The summed E-state index contributed by atoms with van der Waals surface area (Å²) in [6.07, 6.45) is 2.03. The number of sulfonamides is 1. The monoisotopic (exact) mass is 439 g/mol. The van der Waals surface area contributed by atoms with Crippen LogP contribution in [0.4, 0.5) is 5.13 Å². The molecule has 0 saturated heterocycles. The number of anilines is 1. The van der Waals surface area contributed by atoms with Crippen molar-refractivity contribution >= 4 is 49.9 Å². The maximum Gasteiger partial charge on any atom is 0.238 e. The van der Waals surface area contributed by atoms with Gasteiger partial charge in [-0.25, -0.2) is 8.42 Å². The quantitative estimate of drug-likeness (QED) is 0.380. The van der Waals surface area contributed by atoms with Crippen LogP contribution in [0, 0.1) is 0 Å². The van der Waals surface area contributed by atoms with E-state index in [2.05, 4.69) is 27.1 Å². The first kappa shape index (κ1) is 20.1. The number of hydrogen-bond donors (Lipinski definition) is 1. The highest BCUT2D eigenvalue weighted by atomic mass is 35.5. The molecule has 0 saturated carbocycles. The van der Waals surface area contributed by atoms with Gasteiger partial charge in [0.15, 0.2) is 4.34 Å². The summed E-state index contributed by atoms with van der Waals surface area (Å²) in [5.74, 6) is 0.768. The number of thioether (sulfide) groups is 1. The number of aromatic nitrogens is 2. The Labute approximate surface area is 172 Å². The zero-order valence-electron chi connectivity index (χ0n) is 14.3. The summed E-state index contributed by atoms with van der Waals surface area (Å²) in [5, 5.41) is 8.84. The molecule has 0 aliphatic carbocycles. The zero-order chi connectivity index (χ0) is 19.1. The van der Waals surface area contributed by atoms with Crippen LogP contribution in [0.25, 0.3) is 0 Å². The molecule has 0 fully saturated rings. The molecule has 9 heteroatoms. The van der Waals surface area contributed by atoms with Gasteiger partial charge in [-0.05, 0) is 36.1 Å². The molecule has 27 heavy (non-hydrogen) atoms. The molecule has 142 valence electrons. The smallest absolute Gasteiger partial charge is 0.238 e. The van der Waals surface area contributed by atoms with Gasteiger partial charge in [-0.2, -0.15) is 0 Å². The van der Waals surface area contributed by atoms with Crippen molar-refractivity contribution in [2.45, 2.75) is 22.9 Å². The fourth-order valence-corrected chi connectivity index (χ4v) is 5.66. The lowest BCUT2D eigenvalue weighted by molar-refractivity contribution is 0.600. The molecular formula is C18H18ClN3O2S3. The molecule has 0 radical (unpaired) electrons. The van der Waals surface area contributed by atoms with Gasteiger partial charge in [0.05, 0.1) is 5.75 Å². The van der Waals surface area contributed by atoms with Crippen LogP contribution in [0.2, 0.25) is 5.02 Å². The summed E-state index contributed by atoms with van der Waals surface area (Å²) in [5.41, 5.74) is 1.97. The largest absolute Gasteiger partial charge is 0.257 e. The normalized spacial score (nSPS) is 11.4. The standard InChI is InChI=1S/C18H18ClN3O2S3/c19-16-10-8-15(9-11-16)13-27(23,24)22-17-20-21-18(26-17)25-12-4-7-14-5-2-1-3-6-14/h1-3,5-6,8-11H,4,7,12-13H2,(H,20,22).